The lowest BCUT2D eigenvalue weighted by Gasteiger charge is -2.35. The second-order valence-electron chi connectivity index (χ2n) is 4.91. The Hall–Kier alpha value is -1.10. The first kappa shape index (κ1) is 12.4. The Kier molecular flexibility index (Phi) is 3.99. The summed E-state index contributed by atoms with van der Waals surface area (Å²) in [7, 11) is 0. The molecule has 5 heteroatoms. The number of amides is 1. The molecule has 1 atom stereocenters. The van der Waals surface area contributed by atoms with Crippen molar-refractivity contribution in [2.75, 3.05) is 26.3 Å². The number of hydrogen-bond acceptors (Lipinski definition) is 4. The normalized spacial score (nSPS) is 29.6. The van der Waals surface area contributed by atoms with Crippen LogP contribution in [-0.2, 0) is 9.53 Å². The van der Waals surface area contributed by atoms with Crippen LogP contribution in [0, 0.1) is 11.8 Å². The van der Waals surface area contributed by atoms with Gasteiger partial charge < -0.3 is 14.8 Å². The molecule has 2 aliphatic heterocycles. The van der Waals surface area contributed by atoms with Gasteiger partial charge in [0, 0.05) is 44.6 Å². The van der Waals surface area contributed by atoms with Crippen LogP contribution in [0.4, 0.5) is 0 Å². The highest BCUT2D eigenvalue weighted by Crippen LogP contribution is 2.21. The van der Waals surface area contributed by atoms with E-state index in [-0.39, 0.29) is 17.7 Å². The van der Waals surface area contributed by atoms with Crippen molar-refractivity contribution in [2.45, 2.75) is 26.2 Å². The van der Waals surface area contributed by atoms with E-state index in [1.807, 2.05) is 11.8 Å². The number of nitrogens with zero attached hydrogens (tertiary/aromatic N) is 2. The SMILES string of the molecule is CC1CN(C(=O)C2CCOCC2)CCC1=NO. The molecule has 1 unspecified atom stereocenters. The van der Waals surface area contributed by atoms with Gasteiger partial charge in [0.05, 0.1) is 5.71 Å². The first-order valence-corrected chi connectivity index (χ1v) is 6.29. The summed E-state index contributed by atoms with van der Waals surface area (Å²) in [6, 6.07) is 0. The molecule has 0 radical (unpaired) electrons. The molecule has 1 N–H and O–H groups in total. The van der Waals surface area contributed by atoms with Crippen molar-refractivity contribution in [2.24, 2.45) is 17.0 Å². The molecular formula is C12H20N2O3. The minimum absolute atomic E-state index is 0.128. The number of carbonyl (C=O) groups excluding carboxylic acids is 1. The fourth-order valence-corrected chi connectivity index (χ4v) is 2.57. The van der Waals surface area contributed by atoms with E-state index in [2.05, 4.69) is 5.16 Å². The van der Waals surface area contributed by atoms with Gasteiger partial charge in [-0.25, -0.2) is 0 Å². The van der Waals surface area contributed by atoms with Crippen LogP contribution in [0.1, 0.15) is 26.2 Å². The lowest BCUT2D eigenvalue weighted by molar-refractivity contribution is -0.139. The van der Waals surface area contributed by atoms with Crippen LogP contribution < -0.4 is 0 Å². The minimum Gasteiger partial charge on any atom is -0.411 e. The second kappa shape index (κ2) is 5.49. The Bertz CT molecular complexity index is 311. The van der Waals surface area contributed by atoms with Crippen LogP contribution in [0.15, 0.2) is 5.16 Å². The van der Waals surface area contributed by atoms with E-state index in [0.29, 0.717) is 32.7 Å². The molecule has 0 bridgehead atoms. The number of rotatable bonds is 1. The maximum Gasteiger partial charge on any atom is 0.225 e. The lowest BCUT2D eigenvalue weighted by atomic mass is 9.93. The van der Waals surface area contributed by atoms with E-state index in [0.717, 1.165) is 18.6 Å². The molecule has 0 spiro atoms. The highest BCUT2D eigenvalue weighted by molar-refractivity contribution is 5.89. The van der Waals surface area contributed by atoms with E-state index in [1.165, 1.54) is 0 Å². The van der Waals surface area contributed by atoms with E-state index < -0.39 is 0 Å². The van der Waals surface area contributed by atoms with Crippen LogP contribution in [0.25, 0.3) is 0 Å². The van der Waals surface area contributed by atoms with Crippen molar-refractivity contribution in [3.05, 3.63) is 0 Å². The predicted octanol–water partition coefficient (Wildman–Crippen LogP) is 1.11. The third-order valence-electron chi connectivity index (χ3n) is 3.71. The maximum atomic E-state index is 12.3. The summed E-state index contributed by atoms with van der Waals surface area (Å²) in [6.07, 6.45) is 2.36. The Morgan fingerprint density at radius 2 is 2.18 bits per heavy atom. The average Bonchev–Trinajstić information content (AvgIpc) is 2.39. The molecule has 17 heavy (non-hydrogen) atoms. The summed E-state index contributed by atoms with van der Waals surface area (Å²) < 4.78 is 5.27. The van der Waals surface area contributed by atoms with E-state index in [9.17, 15) is 4.79 Å². The number of carbonyl (C=O) groups is 1. The van der Waals surface area contributed by atoms with Gasteiger partial charge in [0.2, 0.25) is 5.91 Å². The summed E-state index contributed by atoms with van der Waals surface area (Å²) in [4.78, 5) is 14.2. The number of ether oxygens (including phenoxy) is 1. The van der Waals surface area contributed by atoms with Gasteiger partial charge in [0.25, 0.3) is 0 Å². The van der Waals surface area contributed by atoms with E-state index in [1.54, 1.807) is 0 Å². The topological polar surface area (TPSA) is 62.1 Å². The molecule has 1 amide bonds. The van der Waals surface area contributed by atoms with Crippen LogP contribution in [-0.4, -0.2) is 48.0 Å². The van der Waals surface area contributed by atoms with Crippen LogP contribution in [0.5, 0.6) is 0 Å². The zero-order valence-electron chi connectivity index (χ0n) is 10.3. The molecule has 2 rings (SSSR count). The Balaban J connectivity index is 1.92. The third-order valence-corrected chi connectivity index (χ3v) is 3.71. The van der Waals surface area contributed by atoms with Crippen molar-refractivity contribution in [3.63, 3.8) is 0 Å². The first-order valence-electron chi connectivity index (χ1n) is 6.29. The summed E-state index contributed by atoms with van der Waals surface area (Å²) in [5.41, 5.74) is 0.807. The molecule has 0 aromatic heterocycles. The summed E-state index contributed by atoms with van der Waals surface area (Å²) in [6.45, 7) is 4.75. The lowest BCUT2D eigenvalue weighted by Crippen LogP contribution is -2.46. The zero-order chi connectivity index (χ0) is 12.3. The quantitative estimate of drug-likeness (QED) is 0.551. The van der Waals surface area contributed by atoms with Crippen LogP contribution in [0.3, 0.4) is 0 Å². The molecule has 0 aliphatic carbocycles. The van der Waals surface area contributed by atoms with Gasteiger partial charge in [-0.05, 0) is 12.8 Å². The number of oxime groups is 1. The first-order chi connectivity index (χ1) is 8.22. The predicted molar refractivity (Wildman–Crippen MR) is 63.1 cm³/mol. The molecule has 0 saturated carbocycles. The summed E-state index contributed by atoms with van der Waals surface area (Å²) >= 11 is 0. The molecule has 2 aliphatic rings. The van der Waals surface area contributed by atoms with Gasteiger partial charge in [-0.15, -0.1) is 0 Å². The molecule has 0 aromatic rings. The standard InChI is InChI=1S/C12H20N2O3/c1-9-8-14(5-2-11(9)13-16)12(15)10-3-6-17-7-4-10/h9-10,16H,2-8H2,1H3. The zero-order valence-corrected chi connectivity index (χ0v) is 10.3. The fourth-order valence-electron chi connectivity index (χ4n) is 2.57. The number of hydrogen-bond donors (Lipinski definition) is 1. The van der Waals surface area contributed by atoms with E-state index in [4.69, 9.17) is 9.94 Å². The average molecular weight is 240 g/mol. The van der Waals surface area contributed by atoms with Gasteiger partial charge >= 0.3 is 0 Å². The summed E-state index contributed by atoms with van der Waals surface area (Å²) in [5, 5.41) is 12.1. The highest BCUT2D eigenvalue weighted by Gasteiger charge is 2.31. The third kappa shape index (κ3) is 2.77. The number of likely N-dealkylation sites (tertiary alicyclic amines) is 1. The minimum atomic E-state index is 0.128. The van der Waals surface area contributed by atoms with Crippen LogP contribution in [0.2, 0.25) is 0 Å². The fraction of sp³-hybridized carbons (Fsp3) is 0.833. The molecular weight excluding hydrogens is 220 g/mol. The molecule has 5 nitrogen and oxygen atoms in total. The molecule has 0 aromatic carbocycles. The Morgan fingerprint density at radius 1 is 1.47 bits per heavy atom. The van der Waals surface area contributed by atoms with Crippen molar-refractivity contribution >= 4 is 11.6 Å². The highest BCUT2D eigenvalue weighted by atomic mass is 16.5. The van der Waals surface area contributed by atoms with Crippen LogP contribution >= 0.6 is 0 Å². The number of piperidine rings is 1. The summed E-state index contributed by atoms with van der Waals surface area (Å²) in [5.74, 6) is 0.540. The Morgan fingerprint density at radius 3 is 2.76 bits per heavy atom. The molecule has 2 heterocycles. The van der Waals surface area contributed by atoms with Crippen molar-refractivity contribution in [3.8, 4) is 0 Å². The molecule has 96 valence electrons. The monoisotopic (exact) mass is 240 g/mol. The van der Waals surface area contributed by atoms with Crippen molar-refractivity contribution < 1.29 is 14.7 Å². The van der Waals surface area contributed by atoms with Gasteiger partial charge in [0.1, 0.15) is 0 Å². The van der Waals surface area contributed by atoms with Gasteiger partial charge in [-0.1, -0.05) is 12.1 Å². The molecule has 2 fully saturated rings. The van der Waals surface area contributed by atoms with Gasteiger partial charge in [-0.3, -0.25) is 4.79 Å². The second-order valence-corrected chi connectivity index (χ2v) is 4.91. The maximum absolute atomic E-state index is 12.3. The molecule has 2 saturated heterocycles. The smallest absolute Gasteiger partial charge is 0.225 e. The van der Waals surface area contributed by atoms with Gasteiger partial charge in [-0.2, -0.15) is 0 Å². The Labute approximate surface area is 101 Å². The van der Waals surface area contributed by atoms with Crippen molar-refractivity contribution in [1.82, 2.24) is 4.90 Å². The van der Waals surface area contributed by atoms with Gasteiger partial charge in [0.15, 0.2) is 0 Å². The van der Waals surface area contributed by atoms with Crippen molar-refractivity contribution in [1.29, 1.82) is 0 Å². The van der Waals surface area contributed by atoms with E-state index >= 15 is 0 Å². The largest absolute Gasteiger partial charge is 0.411 e.